The van der Waals surface area contributed by atoms with Crippen molar-refractivity contribution in [1.82, 2.24) is 4.98 Å². The van der Waals surface area contributed by atoms with Crippen LogP contribution in [0.1, 0.15) is 18.4 Å². The zero-order valence-electron chi connectivity index (χ0n) is 11.2. The number of fused-ring (bicyclic) bond motifs is 1. The van der Waals surface area contributed by atoms with E-state index in [4.69, 9.17) is 15.7 Å². The zero-order chi connectivity index (χ0) is 15.0. The Bertz CT molecular complexity index is 614. The minimum Gasteiger partial charge on any atom is -0.376 e. The number of nitro groups is 1. The maximum atomic E-state index is 10.7. The van der Waals surface area contributed by atoms with Crippen molar-refractivity contribution in [2.45, 2.75) is 31.0 Å². The van der Waals surface area contributed by atoms with Crippen molar-refractivity contribution in [3.63, 3.8) is 0 Å². The molecule has 1 saturated carbocycles. The van der Waals surface area contributed by atoms with Gasteiger partial charge in [0.25, 0.3) is 5.69 Å². The summed E-state index contributed by atoms with van der Waals surface area (Å²) in [5, 5.41) is 22.9. The van der Waals surface area contributed by atoms with E-state index in [2.05, 4.69) is 10.3 Å². The topological polar surface area (TPSA) is 127 Å². The third kappa shape index (κ3) is 2.30. The highest BCUT2D eigenvalue weighted by molar-refractivity contribution is 5.56. The Hall–Kier alpha value is -2.24. The van der Waals surface area contributed by atoms with E-state index in [-0.39, 0.29) is 29.4 Å². The van der Waals surface area contributed by atoms with Crippen molar-refractivity contribution in [2.75, 3.05) is 11.9 Å². The van der Waals surface area contributed by atoms with Crippen LogP contribution in [0.4, 0.5) is 11.5 Å². The summed E-state index contributed by atoms with van der Waals surface area (Å²) < 4.78 is 5.71. The highest BCUT2D eigenvalue weighted by Crippen LogP contribution is 2.38. The molecular weight excluding hydrogens is 274 g/mol. The summed E-state index contributed by atoms with van der Waals surface area (Å²) in [5.41, 5.74) is 6.06. The maximum absolute atomic E-state index is 10.7. The lowest BCUT2D eigenvalue weighted by atomic mass is 9.68. The number of nitrogens with one attached hydrogen (secondary N) is 1. The molecule has 3 N–H and O–H groups in total. The van der Waals surface area contributed by atoms with Crippen molar-refractivity contribution in [2.24, 2.45) is 11.7 Å². The Morgan fingerprint density at radius 2 is 2.43 bits per heavy atom. The molecule has 0 amide bonds. The second-order valence-corrected chi connectivity index (χ2v) is 5.35. The average molecular weight is 289 g/mol. The third-order valence-corrected chi connectivity index (χ3v) is 4.19. The van der Waals surface area contributed by atoms with E-state index in [9.17, 15) is 10.1 Å². The van der Waals surface area contributed by atoms with E-state index < -0.39 is 4.92 Å². The first kappa shape index (κ1) is 13.7. The summed E-state index contributed by atoms with van der Waals surface area (Å²) in [6, 6.07) is 2.96. The number of nitrogens with two attached hydrogens (primary N) is 1. The van der Waals surface area contributed by atoms with Crippen LogP contribution in [0, 0.1) is 27.4 Å². The molecule has 4 unspecified atom stereocenters. The largest absolute Gasteiger partial charge is 0.376 e. The Labute approximate surface area is 121 Å². The van der Waals surface area contributed by atoms with Crippen molar-refractivity contribution in [3.8, 4) is 6.07 Å². The van der Waals surface area contributed by atoms with Crippen LogP contribution in [0.5, 0.6) is 0 Å². The molecule has 0 radical (unpaired) electrons. The number of pyridine rings is 1. The van der Waals surface area contributed by atoms with Gasteiger partial charge < -0.3 is 15.8 Å². The third-order valence-electron chi connectivity index (χ3n) is 4.19. The Morgan fingerprint density at radius 1 is 1.62 bits per heavy atom. The number of anilines is 1. The molecule has 8 heteroatoms. The smallest absolute Gasteiger partial charge is 0.289 e. The van der Waals surface area contributed by atoms with Crippen molar-refractivity contribution >= 4 is 11.5 Å². The maximum Gasteiger partial charge on any atom is 0.289 e. The van der Waals surface area contributed by atoms with Crippen molar-refractivity contribution in [3.05, 3.63) is 27.9 Å². The second-order valence-electron chi connectivity index (χ2n) is 5.35. The SMILES string of the molecule is N#Cc1cc([N+](=O)[O-])cnc1NC1C(N)C2CCCOC21. The summed E-state index contributed by atoms with van der Waals surface area (Å²) in [6.45, 7) is 0.713. The molecule has 8 nitrogen and oxygen atoms in total. The number of hydrogen-bond donors (Lipinski definition) is 2. The molecule has 110 valence electrons. The minimum atomic E-state index is -0.576. The molecule has 2 heterocycles. The molecule has 1 saturated heterocycles. The van der Waals surface area contributed by atoms with Gasteiger partial charge >= 0.3 is 0 Å². The fraction of sp³-hybridized carbons (Fsp3) is 0.538. The fourth-order valence-corrected chi connectivity index (χ4v) is 3.04. The van der Waals surface area contributed by atoms with Crippen LogP contribution in [0.15, 0.2) is 12.3 Å². The molecule has 2 aliphatic rings. The summed E-state index contributed by atoms with van der Waals surface area (Å²) >= 11 is 0. The summed E-state index contributed by atoms with van der Waals surface area (Å²) in [6.07, 6.45) is 3.22. The number of rotatable bonds is 3. The van der Waals surface area contributed by atoms with Gasteiger partial charge in [-0.1, -0.05) is 0 Å². The molecular formula is C13H15N5O3. The highest BCUT2D eigenvalue weighted by atomic mass is 16.6. The summed E-state index contributed by atoms with van der Waals surface area (Å²) in [7, 11) is 0. The van der Waals surface area contributed by atoms with Gasteiger partial charge in [-0.15, -0.1) is 0 Å². The second kappa shape index (κ2) is 5.27. The lowest BCUT2D eigenvalue weighted by molar-refractivity contribution is -0.385. The summed E-state index contributed by atoms with van der Waals surface area (Å²) in [4.78, 5) is 14.1. The van der Waals surface area contributed by atoms with Crippen molar-refractivity contribution in [1.29, 1.82) is 5.26 Å². The normalized spacial score (nSPS) is 30.7. The number of nitrogens with zero attached hydrogens (tertiary/aromatic N) is 3. The molecule has 1 aromatic heterocycles. The van der Waals surface area contributed by atoms with Gasteiger partial charge in [0.2, 0.25) is 0 Å². The lowest BCUT2D eigenvalue weighted by Gasteiger charge is -2.52. The average Bonchev–Trinajstić information content (AvgIpc) is 2.51. The van der Waals surface area contributed by atoms with Crippen LogP contribution in [-0.2, 0) is 4.74 Å². The minimum absolute atomic E-state index is 0.0253. The molecule has 21 heavy (non-hydrogen) atoms. The van der Waals surface area contributed by atoms with Gasteiger partial charge in [0, 0.05) is 24.6 Å². The molecule has 3 rings (SSSR count). The number of hydrogen-bond acceptors (Lipinski definition) is 7. The molecule has 1 aliphatic heterocycles. The van der Waals surface area contributed by atoms with Crippen LogP contribution in [-0.4, -0.2) is 34.7 Å². The van der Waals surface area contributed by atoms with Crippen LogP contribution in [0.2, 0.25) is 0 Å². The molecule has 0 spiro atoms. The molecule has 1 aliphatic carbocycles. The number of nitriles is 1. The number of aromatic nitrogens is 1. The number of ether oxygens (including phenoxy) is 1. The lowest BCUT2D eigenvalue weighted by Crippen LogP contribution is -2.69. The summed E-state index contributed by atoms with van der Waals surface area (Å²) in [5.74, 6) is 0.649. The monoisotopic (exact) mass is 289 g/mol. The van der Waals surface area contributed by atoms with E-state index in [1.54, 1.807) is 0 Å². The van der Waals surface area contributed by atoms with Crippen molar-refractivity contribution < 1.29 is 9.66 Å². The Balaban J connectivity index is 1.79. The molecule has 0 bridgehead atoms. The first-order valence-corrected chi connectivity index (χ1v) is 6.80. The first-order valence-electron chi connectivity index (χ1n) is 6.80. The van der Waals surface area contributed by atoms with Gasteiger partial charge in [0.1, 0.15) is 23.6 Å². The van der Waals surface area contributed by atoms with Gasteiger partial charge in [0.15, 0.2) is 0 Å². The van der Waals surface area contributed by atoms with Gasteiger partial charge in [-0.05, 0) is 12.8 Å². The van der Waals surface area contributed by atoms with Gasteiger partial charge in [-0.2, -0.15) is 5.26 Å². The first-order chi connectivity index (χ1) is 10.1. The van der Waals surface area contributed by atoms with Crippen LogP contribution in [0.3, 0.4) is 0 Å². The van der Waals surface area contributed by atoms with Crippen LogP contribution in [0.25, 0.3) is 0 Å². The zero-order valence-corrected chi connectivity index (χ0v) is 11.2. The van der Waals surface area contributed by atoms with E-state index in [0.29, 0.717) is 18.3 Å². The van der Waals surface area contributed by atoms with E-state index in [1.165, 1.54) is 6.07 Å². The standard InChI is InChI=1S/C13H15N5O3/c14-5-7-4-8(18(19)20)6-16-13(7)17-11-10(15)9-2-1-3-21-12(9)11/h4,6,9-12H,1-3,15H2,(H,16,17). The quantitative estimate of drug-likeness (QED) is 0.621. The molecule has 0 aromatic carbocycles. The van der Waals surface area contributed by atoms with Gasteiger partial charge in [0.05, 0.1) is 17.1 Å². The molecule has 4 atom stereocenters. The van der Waals surface area contributed by atoms with E-state index in [1.807, 2.05) is 6.07 Å². The molecule has 1 aromatic rings. The fourth-order valence-electron chi connectivity index (χ4n) is 3.04. The molecule has 2 fully saturated rings. The predicted molar refractivity (Wildman–Crippen MR) is 73.5 cm³/mol. The van der Waals surface area contributed by atoms with Gasteiger partial charge in [-0.3, -0.25) is 10.1 Å². The predicted octanol–water partition coefficient (Wildman–Crippen LogP) is 0.778. The van der Waals surface area contributed by atoms with Gasteiger partial charge in [-0.25, -0.2) is 4.98 Å². The highest BCUT2D eigenvalue weighted by Gasteiger charge is 2.50. The van der Waals surface area contributed by atoms with E-state index in [0.717, 1.165) is 19.0 Å². The van der Waals surface area contributed by atoms with Crippen LogP contribution >= 0.6 is 0 Å². The Kier molecular flexibility index (Phi) is 3.45. The van der Waals surface area contributed by atoms with E-state index >= 15 is 0 Å². The van der Waals surface area contributed by atoms with Crippen LogP contribution < -0.4 is 11.1 Å². The Morgan fingerprint density at radius 3 is 3.14 bits per heavy atom.